The summed E-state index contributed by atoms with van der Waals surface area (Å²) in [6, 6.07) is 2.07. The standard InChI is InChI=1S/C11H17NOS/c1-2-3-7-12-11(13)5-4-10-6-8-14-9-10/h6,8-9H,2-5,7H2,1H3,(H,12,13). The Hall–Kier alpha value is -0.830. The van der Waals surface area contributed by atoms with Gasteiger partial charge in [0.15, 0.2) is 0 Å². The maximum Gasteiger partial charge on any atom is 0.220 e. The van der Waals surface area contributed by atoms with E-state index in [4.69, 9.17) is 0 Å². The summed E-state index contributed by atoms with van der Waals surface area (Å²) in [4.78, 5) is 11.3. The number of carbonyl (C=O) groups is 1. The average Bonchev–Trinajstić information content (AvgIpc) is 2.68. The van der Waals surface area contributed by atoms with E-state index in [2.05, 4.69) is 23.7 Å². The van der Waals surface area contributed by atoms with Crippen LogP contribution in [-0.2, 0) is 11.2 Å². The van der Waals surface area contributed by atoms with Crippen molar-refractivity contribution in [2.75, 3.05) is 6.54 Å². The molecular formula is C11H17NOS. The molecule has 0 aliphatic heterocycles. The van der Waals surface area contributed by atoms with Gasteiger partial charge in [-0.15, -0.1) is 0 Å². The summed E-state index contributed by atoms with van der Waals surface area (Å²) in [5, 5.41) is 7.05. The molecule has 1 aromatic heterocycles. The van der Waals surface area contributed by atoms with Crippen LogP contribution in [0.15, 0.2) is 16.8 Å². The molecule has 0 aromatic carbocycles. The first-order valence-electron chi connectivity index (χ1n) is 5.10. The molecule has 2 nitrogen and oxygen atoms in total. The van der Waals surface area contributed by atoms with Gasteiger partial charge in [-0.2, -0.15) is 11.3 Å². The van der Waals surface area contributed by atoms with Crippen LogP contribution in [0.5, 0.6) is 0 Å². The van der Waals surface area contributed by atoms with E-state index in [1.165, 1.54) is 5.56 Å². The summed E-state index contributed by atoms with van der Waals surface area (Å²) in [6.07, 6.45) is 3.68. The van der Waals surface area contributed by atoms with Gasteiger partial charge in [0.05, 0.1) is 0 Å². The Morgan fingerprint density at radius 3 is 3.07 bits per heavy atom. The molecule has 0 unspecified atom stereocenters. The molecule has 0 aliphatic carbocycles. The Kier molecular flexibility index (Phi) is 5.30. The van der Waals surface area contributed by atoms with Gasteiger partial charge in [-0.3, -0.25) is 4.79 Å². The van der Waals surface area contributed by atoms with Crippen molar-refractivity contribution in [1.29, 1.82) is 0 Å². The van der Waals surface area contributed by atoms with E-state index in [0.29, 0.717) is 6.42 Å². The van der Waals surface area contributed by atoms with Gasteiger partial charge in [0, 0.05) is 13.0 Å². The molecule has 1 rings (SSSR count). The fourth-order valence-electron chi connectivity index (χ4n) is 1.19. The van der Waals surface area contributed by atoms with Gasteiger partial charge in [-0.1, -0.05) is 13.3 Å². The number of thiophene rings is 1. The van der Waals surface area contributed by atoms with Crippen LogP contribution in [0.1, 0.15) is 31.7 Å². The minimum atomic E-state index is 0.171. The highest BCUT2D eigenvalue weighted by molar-refractivity contribution is 7.07. The molecule has 0 spiro atoms. The predicted molar refractivity (Wildman–Crippen MR) is 60.6 cm³/mol. The predicted octanol–water partition coefficient (Wildman–Crippen LogP) is 2.60. The molecule has 14 heavy (non-hydrogen) atoms. The normalized spacial score (nSPS) is 10.1. The molecule has 0 saturated heterocycles. The van der Waals surface area contributed by atoms with Crippen LogP contribution in [0.4, 0.5) is 0 Å². The molecule has 1 amide bonds. The van der Waals surface area contributed by atoms with Gasteiger partial charge < -0.3 is 5.32 Å². The topological polar surface area (TPSA) is 29.1 Å². The highest BCUT2D eigenvalue weighted by atomic mass is 32.1. The van der Waals surface area contributed by atoms with Crippen LogP contribution >= 0.6 is 11.3 Å². The van der Waals surface area contributed by atoms with E-state index in [1.807, 2.05) is 5.38 Å². The summed E-state index contributed by atoms with van der Waals surface area (Å²) in [5.74, 6) is 0.171. The number of nitrogens with one attached hydrogen (secondary N) is 1. The number of carbonyl (C=O) groups excluding carboxylic acids is 1. The molecule has 1 heterocycles. The summed E-state index contributed by atoms with van der Waals surface area (Å²) in [6.45, 7) is 2.94. The van der Waals surface area contributed by atoms with Crippen molar-refractivity contribution in [3.63, 3.8) is 0 Å². The van der Waals surface area contributed by atoms with Crippen LogP contribution < -0.4 is 5.32 Å². The van der Waals surface area contributed by atoms with Gasteiger partial charge in [-0.05, 0) is 35.2 Å². The van der Waals surface area contributed by atoms with Crippen molar-refractivity contribution in [2.24, 2.45) is 0 Å². The lowest BCUT2D eigenvalue weighted by molar-refractivity contribution is -0.121. The Labute approximate surface area is 89.3 Å². The molecule has 0 saturated carbocycles. The van der Waals surface area contributed by atoms with Crippen molar-refractivity contribution in [3.05, 3.63) is 22.4 Å². The van der Waals surface area contributed by atoms with Crippen LogP contribution in [0.2, 0.25) is 0 Å². The zero-order valence-electron chi connectivity index (χ0n) is 8.58. The van der Waals surface area contributed by atoms with E-state index in [-0.39, 0.29) is 5.91 Å². The van der Waals surface area contributed by atoms with Crippen molar-refractivity contribution in [1.82, 2.24) is 5.32 Å². The van der Waals surface area contributed by atoms with Gasteiger partial charge in [0.2, 0.25) is 5.91 Å². The summed E-state index contributed by atoms with van der Waals surface area (Å²) in [7, 11) is 0. The molecule has 0 radical (unpaired) electrons. The fraction of sp³-hybridized carbons (Fsp3) is 0.545. The Morgan fingerprint density at radius 2 is 2.43 bits per heavy atom. The number of hydrogen-bond donors (Lipinski definition) is 1. The molecule has 0 atom stereocenters. The summed E-state index contributed by atoms with van der Waals surface area (Å²) in [5.41, 5.74) is 1.26. The third-order valence-corrected chi connectivity index (χ3v) is 2.81. The minimum Gasteiger partial charge on any atom is -0.356 e. The van der Waals surface area contributed by atoms with Gasteiger partial charge in [-0.25, -0.2) is 0 Å². The Bertz CT molecular complexity index is 256. The fourth-order valence-corrected chi connectivity index (χ4v) is 1.89. The van der Waals surface area contributed by atoms with E-state index in [9.17, 15) is 4.79 Å². The quantitative estimate of drug-likeness (QED) is 0.720. The van der Waals surface area contributed by atoms with E-state index < -0.39 is 0 Å². The second-order valence-electron chi connectivity index (χ2n) is 3.34. The first-order valence-corrected chi connectivity index (χ1v) is 6.05. The number of hydrogen-bond acceptors (Lipinski definition) is 2. The monoisotopic (exact) mass is 211 g/mol. The van der Waals surface area contributed by atoms with Crippen LogP contribution in [0.3, 0.4) is 0 Å². The second-order valence-corrected chi connectivity index (χ2v) is 4.12. The Morgan fingerprint density at radius 1 is 1.57 bits per heavy atom. The lowest BCUT2D eigenvalue weighted by Crippen LogP contribution is -2.24. The maximum absolute atomic E-state index is 11.3. The van der Waals surface area contributed by atoms with Gasteiger partial charge in [0.1, 0.15) is 0 Å². The van der Waals surface area contributed by atoms with Crippen molar-refractivity contribution >= 4 is 17.2 Å². The molecule has 0 fully saturated rings. The zero-order chi connectivity index (χ0) is 10.2. The van der Waals surface area contributed by atoms with Crippen LogP contribution in [-0.4, -0.2) is 12.5 Å². The number of aryl methyl sites for hydroxylation is 1. The highest BCUT2D eigenvalue weighted by Crippen LogP contribution is 2.07. The number of amides is 1. The second kappa shape index (κ2) is 6.60. The molecule has 1 aromatic rings. The van der Waals surface area contributed by atoms with Gasteiger partial charge >= 0.3 is 0 Å². The SMILES string of the molecule is CCCCNC(=O)CCc1ccsc1. The van der Waals surface area contributed by atoms with Crippen molar-refractivity contribution < 1.29 is 4.79 Å². The van der Waals surface area contributed by atoms with Gasteiger partial charge in [0.25, 0.3) is 0 Å². The number of rotatable bonds is 6. The van der Waals surface area contributed by atoms with Crippen LogP contribution in [0.25, 0.3) is 0 Å². The summed E-state index contributed by atoms with van der Waals surface area (Å²) >= 11 is 1.68. The van der Waals surface area contributed by atoms with E-state index in [0.717, 1.165) is 25.8 Å². The first kappa shape index (κ1) is 11.2. The van der Waals surface area contributed by atoms with Crippen LogP contribution in [0, 0.1) is 0 Å². The zero-order valence-corrected chi connectivity index (χ0v) is 9.40. The van der Waals surface area contributed by atoms with E-state index in [1.54, 1.807) is 11.3 Å². The van der Waals surface area contributed by atoms with E-state index >= 15 is 0 Å². The third-order valence-electron chi connectivity index (χ3n) is 2.07. The number of unbranched alkanes of at least 4 members (excludes halogenated alkanes) is 1. The molecular weight excluding hydrogens is 194 g/mol. The average molecular weight is 211 g/mol. The lowest BCUT2D eigenvalue weighted by Gasteiger charge is -2.02. The third kappa shape index (κ3) is 4.42. The highest BCUT2D eigenvalue weighted by Gasteiger charge is 2.01. The van der Waals surface area contributed by atoms with Crippen molar-refractivity contribution in [2.45, 2.75) is 32.6 Å². The molecule has 78 valence electrons. The van der Waals surface area contributed by atoms with Crippen molar-refractivity contribution in [3.8, 4) is 0 Å². The lowest BCUT2D eigenvalue weighted by atomic mass is 10.2. The molecule has 3 heteroatoms. The Balaban J connectivity index is 2.09. The smallest absolute Gasteiger partial charge is 0.220 e. The molecule has 1 N–H and O–H groups in total. The maximum atomic E-state index is 11.3. The first-order chi connectivity index (χ1) is 6.83. The largest absolute Gasteiger partial charge is 0.356 e. The molecule has 0 aliphatic rings. The molecule has 0 bridgehead atoms. The minimum absolute atomic E-state index is 0.171. The summed E-state index contributed by atoms with van der Waals surface area (Å²) < 4.78 is 0.